The van der Waals surface area contributed by atoms with E-state index in [1.54, 1.807) is 6.08 Å². The minimum atomic E-state index is 0.00616. The third-order valence-corrected chi connectivity index (χ3v) is 3.23. The molecule has 0 unspecified atom stereocenters. The van der Waals surface area contributed by atoms with Gasteiger partial charge in [0.15, 0.2) is 0 Å². The van der Waals surface area contributed by atoms with Gasteiger partial charge in [-0.15, -0.1) is 6.58 Å². The first-order chi connectivity index (χ1) is 10.2. The van der Waals surface area contributed by atoms with Gasteiger partial charge in [-0.1, -0.05) is 6.08 Å². The Hall–Kier alpha value is -2.30. The highest BCUT2D eigenvalue weighted by molar-refractivity contribution is 5.93. The molecule has 0 saturated heterocycles. The minimum absolute atomic E-state index is 0.00616. The fourth-order valence-corrected chi connectivity index (χ4v) is 2.15. The highest BCUT2D eigenvalue weighted by Gasteiger charge is 2.14. The van der Waals surface area contributed by atoms with E-state index < -0.39 is 0 Å². The molecule has 112 valence electrons. The van der Waals surface area contributed by atoms with Crippen LogP contribution in [0.15, 0.2) is 30.9 Å². The average molecular weight is 288 g/mol. The molecule has 0 fully saturated rings. The minimum Gasteiger partial charge on any atom is -0.494 e. The first kappa shape index (κ1) is 15.1. The lowest BCUT2D eigenvalue weighted by Gasteiger charge is -2.17. The summed E-state index contributed by atoms with van der Waals surface area (Å²) in [6, 6.07) is 5.65. The third kappa shape index (κ3) is 4.63. The van der Waals surface area contributed by atoms with Crippen LogP contribution < -0.4 is 15.4 Å². The Bertz CT molecular complexity index is 540. The van der Waals surface area contributed by atoms with Gasteiger partial charge in [0.2, 0.25) is 11.8 Å². The molecule has 0 bridgehead atoms. The van der Waals surface area contributed by atoms with Crippen LogP contribution >= 0.6 is 0 Å². The Morgan fingerprint density at radius 2 is 2.29 bits per heavy atom. The van der Waals surface area contributed by atoms with Crippen LogP contribution in [0.4, 0.5) is 5.69 Å². The average Bonchev–Trinajstić information content (AvgIpc) is 2.49. The maximum Gasteiger partial charge on any atom is 0.224 e. The molecule has 1 aromatic carbocycles. The van der Waals surface area contributed by atoms with E-state index in [1.165, 1.54) is 0 Å². The Morgan fingerprint density at radius 3 is 3.10 bits per heavy atom. The number of benzene rings is 1. The lowest BCUT2D eigenvalue weighted by Crippen LogP contribution is -2.23. The Labute approximate surface area is 124 Å². The number of anilines is 1. The van der Waals surface area contributed by atoms with Crippen molar-refractivity contribution < 1.29 is 14.3 Å². The molecule has 0 spiro atoms. The number of nitrogens with one attached hydrogen (secondary N) is 2. The summed E-state index contributed by atoms with van der Waals surface area (Å²) in [6.07, 6.45) is 4.01. The molecule has 0 saturated carbocycles. The van der Waals surface area contributed by atoms with E-state index >= 15 is 0 Å². The lowest BCUT2D eigenvalue weighted by molar-refractivity contribution is -0.121. The summed E-state index contributed by atoms with van der Waals surface area (Å²) in [7, 11) is 0. The van der Waals surface area contributed by atoms with E-state index in [-0.39, 0.29) is 11.8 Å². The molecule has 1 heterocycles. The molecule has 1 aliphatic rings. The summed E-state index contributed by atoms with van der Waals surface area (Å²) in [6.45, 7) is 4.53. The number of amides is 2. The zero-order valence-electron chi connectivity index (χ0n) is 12.0. The van der Waals surface area contributed by atoms with E-state index in [2.05, 4.69) is 17.2 Å². The third-order valence-electron chi connectivity index (χ3n) is 3.23. The van der Waals surface area contributed by atoms with Crippen molar-refractivity contribution in [3.8, 4) is 5.75 Å². The van der Waals surface area contributed by atoms with Crippen molar-refractivity contribution in [1.82, 2.24) is 5.32 Å². The number of fused-ring (bicyclic) bond motifs is 1. The number of carbonyl (C=O) groups excluding carboxylic acids is 2. The first-order valence-corrected chi connectivity index (χ1v) is 7.12. The number of carbonyl (C=O) groups is 2. The van der Waals surface area contributed by atoms with Crippen molar-refractivity contribution >= 4 is 17.5 Å². The molecule has 1 aromatic rings. The second kappa shape index (κ2) is 7.47. The number of hydrogen-bond donors (Lipinski definition) is 2. The molecule has 1 aliphatic heterocycles. The van der Waals surface area contributed by atoms with Gasteiger partial charge in [-0.25, -0.2) is 0 Å². The largest absolute Gasteiger partial charge is 0.494 e. The summed E-state index contributed by atoms with van der Waals surface area (Å²) < 4.78 is 5.64. The van der Waals surface area contributed by atoms with Crippen LogP contribution in [0.2, 0.25) is 0 Å². The summed E-state index contributed by atoms with van der Waals surface area (Å²) in [5, 5.41) is 5.56. The second-order valence-corrected chi connectivity index (χ2v) is 4.91. The van der Waals surface area contributed by atoms with Gasteiger partial charge in [-0.05, 0) is 36.6 Å². The van der Waals surface area contributed by atoms with Crippen LogP contribution in [0.1, 0.15) is 24.8 Å². The molecule has 2 amide bonds. The van der Waals surface area contributed by atoms with Crippen LogP contribution in [-0.2, 0) is 16.0 Å². The number of hydrogen-bond acceptors (Lipinski definition) is 3. The van der Waals surface area contributed by atoms with Crippen molar-refractivity contribution in [3.63, 3.8) is 0 Å². The Kier molecular flexibility index (Phi) is 5.37. The molecule has 0 atom stereocenters. The van der Waals surface area contributed by atoms with Crippen molar-refractivity contribution in [2.45, 2.75) is 25.7 Å². The summed E-state index contributed by atoms with van der Waals surface area (Å²) >= 11 is 0. The maximum absolute atomic E-state index is 11.4. The van der Waals surface area contributed by atoms with E-state index in [1.807, 2.05) is 18.2 Å². The van der Waals surface area contributed by atoms with Gasteiger partial charge >= 0.3 is 0 Å². The summed E-state index contributed by atoms with van der Waals surface area (Å²) in [5.74, 6) is 0.838. The van der Waals surface area contributed by atoms with Crippen LogP contribution in [0.3, 0.4) is 0 Å². The van der Waals surface area contributed by atoms with Gasteiger partial charge in [0, 0.05) is 25.1 Å². The smallest absolute Gasteiger partial charge is 0.224 e. The van der Waals surface area contributed by atoms with E-state index in [0.717, 1.165) is 23.4 Å². The molecule has 5 nitrogen and oxygen atoms in total. The molecule has 21 heavy (non-hydrogen) atoms. The summed E-state index contributed by atoms with van der Waals surface area (Å²) in [4.78, 5) is 22.7. The molecule has 0 radical (unpaired) electrons. The van der Waals surface area contributed by atoms with Gasteiger partial charge in [-0.3, -0.25) is 9.59 Å². The maximum atomic E-state index is 11.4. The normalized spacial score (nSPS) is 13.0. The van der Waals surface area contributed by atoms with Gasteiger partial charge in [0.1, 0.15) is 5.75 Å². The monoisotopic (exact) mass is 288 g/mol. The Balaban J connectivity index is 1.75. The van der Waals surface area contributed by atoms with Crippen LogP contribution in [0.5, 0.6) is 5.75 Å². The quantitative estimate of drug-likeness (QED) is 0.596. The van der Waals surface area contributed by atoms with Gasteiger partial charge < -0.3 is 15.4 Å². The fraction of sp³-hybridized carbons (Fsp3) is 0.375. The molecule has 2 rings (SSSR count). The second-order valence-electron chi connectivity index (χ2n) is 4.91. The van der Waals surface area contributed by atoms with Crippen LogP contribution in [0.25, 0.3) is 0 Å². The van der Waals surface area contributed by atoms with Crippen LogP contribution in [-0.4, -0.2) is 25.0 Å². The molecule has 0 aliphatic carbocycles. The van der Waals surface area contributed by atoms with Crippen molar-refractivity contribution in [1.29, 1.82) is 0 Å². The fourth-order valence-electron chi connectivity index (χ4n) is 2.15. The van der Waals surface area contributed by atoms with Crippen molar-refractivity contribution in [2.75, 3.05) is 18.5 Å². The molecule has 5 heteroatoms. The predicted molar refractivity (Wildman–Crippen MR) is 81.3 cm³/mol. The number of rotatable bonds is 7. The van der Waals surface area contributed by atoms with Crippen LogP contribution in [0, 0.1) is 0 Å². The van der Waals surface area contributed by atoms with E-state index in [4.69, 9.17) is 4.74 Å². The highest BCUT2D eigenvalue weighted by Crippen LogP contribution is 2.26. The molecular formula is C16H20N2O3. The topological polar surface area (TPSA) is 67.4 Å². The van der Waals surface area contributed by atoms with Gasteiger partial charge in [-0.2, -0.15) is 0 Å². The molecule has 0 aromatic heterocycles. The number of ether oxygens (including phenoxy) is 1. The van der Waals surface area contributed by atoms with Gasteiger partial charge in [0.25, 0.3) is 0 Å². The molecule has 2 N–H and O–H groups in total. The van der Waals surface area contributed by atoms with Gasteiger partial charge in [0.05, 0.1) is 6.61 Å². The predicted octanol–water partition coefficient (Wildman–Crippen LogP) is 2.03. The van der Waals surface area contributed by atoms with Crippen molar-refractivity contribution in [3.05, 3.63) is 36.4 Å². The van der Waals surface area contributed by atoms with E-state index in [9.17, 15) is 9.59 Å². The lowest BCUT2D eigenvalue weighted by atomic mass is 10.0. The van der Waals surface area contributed by atoms with Crippen molar-refractivity contribution in [2.24, 2.45) is 0 Å². The van der Waals surface area contributed by atoms with E-state index in [0.29, 0.717) is 32.4 Å². The Morgan fingerprint density at radius 1 is 1.43 bits per heavy atom. The highest BCUT2D eigenvalue weighted by atomic mass is 16.5. The zero-order chi connectivity index (χ0) is 15.1. The standard InChI is InChI=1S/C16H20N2O3/c1-2-9-17-15(19)4-3-10-21-13-6-7-14-12(11-13)5-8-16(20)18-14/h2,6-7,11H,1,3-5,8-10H2,(H,17,19)(H,18,20). The zero-order valence-corrected chi connectivity index (χ0v) is 12.0. The SMILES string of the molecule is C=CCNC(=O)CCCOc1ccc2c(c1)CCC(=O)N2. The first-order valence-electron chi connectivity index (χ1n) is 7.12. The summed E-state index contributed by atoms with van der Waals surface area (Å²) in [5.41, 5.74) is 1.96. The number of aryl methyl sites for hydroxylation is 1. The molecular weight excluding hydrogens is 268 g/mol.